The van der Waals surface area contributed by atoms with Gasteiger partial charge in [0.25, 0.3) is 0 Å². The summed E-state index contributed by atoms with van der Waals surface area (Å²) in [5, 5.41) is 0. The number of fused-ring (bicyclic) bond motifs is 2. The van der Waals surface area contributed by atoms with Crippen molar-refractivity contribution in [2.75, 3.05) is 0 Å². The minimum absolute atomic E-state index is 0.429. The predicted molar refractivity (Wildman–Crippen MR) is 146 cm³/mol. The molecule has 0 heteroatoms. The second kappa shape index (κ2) is 8.29. The van der Waals surface area contributed by atoms with E-state index in [1.54, 1.807) is 0 Å². The molecular formula is C34H30. The molecule has 0 heterocycles. The van der Waals surface area contributed by atoms with Crippen LogP contribution in [0, 0.1) is 5.92 Å². The van der Waals surface area contributed by atoms with Crippen molar-refractivity contribution in [1.82, 2.24) is 0 Å². The number of allylic oxidation sites excluding steroid dienone is 2. The van der Waals surface area contributed by atoms with Gasteiger partial charge in [-0.3, -0.25) is 0 Å². The molecule has 34 heavy (non-hydrogen) atoms. The fourth-order valence-electron chi connectivity index (χ4n) is 6.32. The SMILES string of the molecule is CC1=Cc2ccc(-c3ccccc3)cc2C1C(C)C1C(C)=Cc2ccc(-c3ccccc3)cc21. The van der Waals surface area contributed by atoms with E-state index in [9.17, 15) is 0 Å². The van der Waals surface area contributed by atoms with E-state index in [4.69, 9.17) is 0 Å². The summed E-state index contributed by atoms with van der Waals surface area (Å²) in [5.41, 5.74) is 13.9. The summed E-state index contributed by atoms with van der Waals surface area (Å²) < 4.78 is 0. The zero-order valence-electron chi connectivity index (χ0n) is 20.1. The largest absolute Gasteiger partial charge is 0.0649 e. The Bertz CT molecular complexity index is 1310. The topological polar surface area (TPSA) is 0 Å². The Morgan fingerprint density at radius 3 is 1.32 bits per heavy atom. The maximum atomic E-state index is 2.46. The molecular weight excluding hydrogens is 408 g/mol. The van der Waals surface area contributed by atoms with Crippen molar-refractivity contribution in [1.29, 1.82) is 0 Å². The molecule has 2 unspecified atom stereocenters. The highest BCUT2D eigenvalue weighted by molar-refractivity contribution is 5.75. The average molecular weight is 439 g/mol. The molecule has 6 rings (SSSR count). The van der Waals surface area contributed by atoms with Gasteiger partial charge in [0, 0.05) is 11.8 Å². The molecule has 0 saturated heterocycles. The van der Waals surface area contributed by atoms with Gasteiger partial charge in [0.2, 0.25) is 0 Å². The van der Waals surface area contributed by atoms with Crippen molar-refractivity contribution in [3.63, 3.8) is 0 Å². The van der Waals surface area contributed by atoms with E-state index in [-0.39, 0.29) is 0 Å². The lowest BCUT2D eigenvalue weighted by Gasteiger charge is -2.30. The lowest BCUT2D eigenvalue weighted by molar-refractivity contribution is 0.455. The van der Waals surface area contributed by atoms with Crippen LogP contribution in [-0.4, -0.2) is 0 Å². The normalized spacial score (nSPS) is 19.3. The Hall–Kier alpha value is -3.64. The fraction of sp³-hybridized carbons (Fsp3) is 0.176. The lowest BCUT2D eigenvalue weighted by Crippen LogP contribution is -2.18. The van der Waals surface area contributed by atoms with Crippen LogP contribution < -0.4 is 0 Å². The van der Waals surface area contributed by atoms with Crippen molar-refractivity contribution in [3.8, 4) is 22.3 Å². The van der Waals surface area contributed by atoms with E-state index >= 15 is 0 Å². The zero-order valence-corrected chi connectivity index (χ0v) is 20.1. The van der Waals surface area contributed by atoms with Gasteiger partial charge in [-0.1, -0.05) is 115 Å². The molecule has 2 aliphatic rings. The van der Waals surface area contributed by atoms with Crippen LogP contribution in [0.3, 0.4) is 0 Å². The van der Waals surface area contributed by atoms with Gasteiger partial charge >= 0.3 is 0 Å². The summed E-state index contributed by atoms with van der Waals surface area (Å²) in [6, 6.07) is 35.6. The van der Waals surface area contributed by atoms with Gasteiger partial charge in [-0.15, -0.1) is 0 Å². The molecule has 0 radical (unpaired) electrons. The molecule has 4 aromatic carbocycles. The standard InChI is InChI=1S/C34H30/c1-22-18-29-16-14-27(25-10-6-4-7-11-25)20-31(29)33(22)24(3)34-23(2)19-30-17-15-28(21-32(30)34)26-12-8-5-9-13-26/h4-21,24,33-34H,1-3H3. The highest BCUT2D eigenvalue weighted by Gasteiger charge is 2.36. The Kier molecular flexibility index (Phi) is 5.11. The van der Waals surface area contributed by atoms with Crippen molar-refractivity contribution in [2.45, 2.75) is 32.6 Å². The van der Waals surface area contributed by atoms with E-state index in [0.717, 1.165) is 0 Å². The van der Waals surface area contributed by atoms with E-state index in [1.807, 2.05) is 0 Å². The number of rotatable bonds is 4. The van der Waals surface area contributed by atoms with Crippen molar-refractivity contribution >= 4 is 12.2 Å². The van der Waals surface area contributed by atoms with E-state index < -0.39 is 0 Å². The Morgan fingerprint density at radius 2 is 0.912 bits per heavy atom. The molecule has 0 amide bonds. The summed E-state index contributed by atoms with van der Waals surface area (Å²) >= 11 is 0. The van der Waals surface area contributed by atoms with Gasteiger partial charge in [0.15, 0.2) is 0 Å². The van der Waals surface area contributed by atoms with Crippen LogP contribution in [-0.2, 0) is 0 Å². The van der Waals surface area contributed by atoms with Crippen LogP contribution in [0.5, 0.6) is 0 Å². The van der Waals surface area contributed by atoms with E-state index in [2.05, 4.69) is 130 Å². The van der Waals surface area contributed by atoms with Crippen molar-refractivity contribution in [2.24, 2.45) is 5.92 Å². The molecule has 0 fully saturated rings. The van der Waals surface area contributed by atoms with E-state index in [1.165, 1.54) is 55.7 Å². The molecule has 0 bridgehead atoms. The molecule has 2 atom stereocenters. The molecule has 4 aromatic rings. The lowest BCUT2D eigenvalue weighted by atomic mass is 9.73. The highest BCUT2D eigenvalue weighted by Crippen LogP contribution is 2.52. The summed E-state index contributed by atoms with van der Waals surface area (Å²) in [7, 11) is 0. The van der Waals surface area contributed by atoms with Gasteiger partial charge in [-0.2, -0.15) is 0 Å². The summed E-state index contributed by atoms with van der Waals surface area (Å²) in [5.74, 6) is 1.34. The molecule has 0 aliphatic heterocycles. The van der Waals surface area contributed by atoms with Crippen molar-refractivity contribution in [3.05, 3.63) is 130 Å². The summed E-state index contributed by atoms with van der Waals surface area (Å²) in [6.07, 6.45) is 4.81. The molecule has 2 aliphatic carbocycles. The maximum absolute atomic E-state index is 2.46. The number of hydrogen-bond donors (Lipinski definition) is 0. The molecule has 0 N–H and O–H groups in total. The monoisotopic (exact) mass is 438 g/mol. The van der Waals surface area contributed by atoms with Crippen LogP contribution >= 0.6 is 0 Å². The first-order valence-corrected chi connectivity index (χ1v) is 12.4. The molecule has 166 valence electrons. The number of hydrogen-bond acceptors (Lipinski definition) is 0. The third-order valence-corrected chi connectivity index (χ3v) is 7.86. The molecule has 0 spiro atoms. The third kappa shape index (κ3) is 3.46. The Morgan fingerprint density at radius 1 is 0.500 bits per heavy atom. The molecule has 0 aromatic heterocycles. The maximum Gasteiger partial charge on any atom is 0.00894 e. The minimum atomic E-state index is 0.429. The molecule has 0 nitrogen and oxygen atoms in total. The first-order valence-electron chi connectivity index (χ1n) is 12.4. The smallest absolute Gasteiger partial charge is 0.00894 e. The van der Waals surface area contributed by atoms with Gasteiger partial charge in [-0.05, 0) is 76.4 Å². The zero-order chi connectivity index (χ0) is 23.2. The van der Waals surface area contributed by atoms with Crippen LogP contribution in [0.2, 0.25) is 0 Å². The van der Waals surface area contributed by atoms with Gasteiger partial charge < -0.3 is 0 Å². The molecule has 0 saturated carbocycles. The van der Waals surface area contributed by atoms with Gasteiger partial charge in [0.05, 0.1) is 0 Å². The van der Waals surface area contributed by atoms with Crippen molar-refractivity contribution < 1.29 is 0 Å². The van der Waals surface area contributed by atoms with Gasteiger partial charge in [0.1, 0.15) is 0 Å². The summed E-state index contributed by atoms with van der Waals surface area (Å²) in [4.78, 5) is 0. The summed E-state index contributed by atoms with van der Waals surface area (Å²) in [6.45, 7) is 7.09. The van der Waals surface area contributed by atoms with Crippen LogP contribution in [0.25, 0.3) is 34.4 Å². The van der Waals surface area contributed by atoms with E-state index in [0.29, 0.717) is 17.8 Å². The van der Waals surface area contributed by atoms with Crippen LogP contribution in [0.15, 0.2) is 108 Å². The quantitative estimate of drug-likeness (QED) is 0.298. The average Bonchev–Trinajstić information content (AvgIpc) is 3.38. The first-order chi connectivity index (χ1) is 16.6. The highest BCUT2D eigenvalue weighted by atomic mass is 14.4. The number of benzene rings is 4. The minimum Gasteiger partial charge on any atom is -0.0649 e. The van der Waals surface area contributed by atoms with Gasteiger partial charge in [-0.25, -0.2) is 0 Å². The van der Waals surface area contributed by atoms with Crippen LogP contribution in [0.4, 0.5) is 0 Å². The predicted octanol–water partition coefficient (Wildman–Crippen LogP) is 9.36. The fourth-order valence-corrected chi connectivity index (χ4v) is 6.32. The Balaban J connectivity index is 1.39. The Labute approximate surface area is 203 Å². The first kappa shape index (κ1) is 20.9. The van der Waals surface area contributed by atoms with Crippen LogP contribution in [0.1, 0.15) is 54.9 Å². The second-order valence-corrected chi connectivity index (χ2v) is 10.0. The third-order valence-electron chi connectivity index (χ3n) is 7.86. The second-order valence-electron chi connectivity index (χ2n) is 10.0.